The van der Waals surface area contributed by atoms with Crippen LogP contribution in [0.5, 0.6) is 0 Å². The van der Waals surface area contributed by atoms with Crippen LogP contribution in [0.25, 0.3) is 0 Å². The van der Waals surface area contributed by atoms with Crippen molar-refractivity contribution in [3.63, 3.8) is 0 Å². The van der Waals surface area contributed by atoms with Crippen molar-refractivity contribution in [1.82, 2.24) is 10.6 Å². The third-order valence-corrected chi connectivity index (χ3v) is 5.61. The van der Waals surface area contributed by atoms with E-state index >= 15 is 0 Å². The van der Waals surface area contributed by atoms with Gasteiger partial charge < -0.3 is 20.1 Å². The summed E-state index contributed by atoms with van der Waals surface area (Å²) in [6.45, 7) is 5.14. The standard InChI is InChI=1S/C28H40N2O4/c1-23-7-9-26(10-8-23)16-21-33-20-4-6-28(32)30-18-15-25-13-11-24(12-14-25)5-3-19-34-22-17-27(31)29-2/h7-14H,3-6,15-22H2,1-2H3,(H,29,31)(H,30,32). The van der Waals surface area contributed by atoms with Crippen LogP contribution in [0.15, 0.2) is 48.5 Å². The second-order valence-corrected chi connectivity index (χ2v) is 8.51. The number of amides is 2. The highest BCUT2D eigenvalue weighted by Crippen LogP contribution is 2.08. The zero-order valence-electron chi connectivity index (χ0n) is 20.7. The van der Waals surface area contributed by atoms with Crippen LogP contribution in [0.3, 0.4) is 0 Å². The van der Waals surface area contributed by atoms with E-state index in [9.17, 15) is 9.59 Å². The highest BCUT2D eigenvalue weighted by molar-refractivity contribution is 5.76. The molecule has 0 radical (unpaired) electrons. The number of aryl methyl sites for hydroxylation is 2. The lowest BCUT2D eigenvalue weighted by molar-refractivity contribution is -0.122. The fourth-order valence-corrected chi connectivity index (χ4v) is 3.46. The lowest BCUT2D eigenvalue weighted by Crippen LogP contribution is -2.25. The van der Waals surface area contributed by atoms with E-state index in [0.29, 0.717) is 45.8 Å². The first-order valence-corrected chi connectivity index (χ1v) is 12.3. The molecule has 2 aromatic carbocycles. The van der Waals surface area contributed by atoms with Gasteiger partial charge in [0.25, 0.3) is 0 Å². The van der Waals surface area contributed by atoms with Gasteiger partial charge in [0.1, 0.15) is 0 Å². The molecule has 2 rings (SSSR count). The number of carbonyl (C=O) groups excluding carboxylic acids is 2. The largest absolute Gasteiger partial charge is 0.381 e. The number of rotatable bonds is 17. The molecule has 6 nitrogen and oxygen atoms in total. The molecular weight excluding hydrogens is 428 g/mol. The van der Waals surface area contributed by atoms with Crippen molar-refractivity contribution in [3.8, 4) is 0 Å². The molecule has 2 amide bonds. The van der Waals surface area contributed by atoms with Crippen molar-refractivity contribution < 1.29 is 19.1 Å². The van der Waals surface area contributed by atoms with Gasteiger partial charge >= 0.3 is 0 Å². The van der Waals surface area contributed by atoms with Gasteiger partial charge in [0.15, 0.2) is 0 Å². The second kappa shape index (κ2) is 16.8. The van der Waals surface area contributed by atoms with Gasteiger partial charge in [0, 0.05) is 39.6 Å². The van der Waals surface area contributed by atoms with Gasteiger partial charge in [-0.2, -0.15) is 0 Å². The summed E-state index contributed by atoms with van der Waals surface area (Å²) in [5.41, 5.74) is 5.02. The van der Waals surface area contributed by atoms with Crippen molar-refractivity contribution in [1.29, 1.82) is 0 Å². The van der Waals surface area contributed by atoms with Crippen LogP contribution in [0.4, 0.5) is 0 Å². The number of hydrogen-bond acceptors (Lipinski definition) is 4. The average Bonchev–Trinajstić information content (AvgIpc) is 2.85. The van der Waals surface area contributed by atoms with Gasteiger partial charge in [-0.25, -0.2) is 0 Å². The lowest BCUT2D eigenvalue weighted by Gasteiger charge is -2.08. The van der Waals surface area contributed by atoms with Crippen LogP contribution in [-0.4, -0.2) is 51.8 Å². The topological polar surface area (TPSA) is 76.7 Å². The lowest BCUT2D eigenvalue weighted by atomic mass is 10.1. The van der Waals surface area contributed by atoms with Crippen molar-refractivity contribution >= 4 is 11.8 Å². The van der Waals surface area contributed by atoms with Crippen molar-refractivity contribution in [2.45, 2.75) is 51.9 Å². The Labute approximate surface area is 204 Å². The Kier molecular flexibility index (Phi) is 13.6. The summed E-state index contributed by atoms with van der Waals surface area (Å²) in [7, 11) is 1.63. The molecule has 0 saturated heterocycles. The smallest absolute Gasteiger partial charge is 0.222 e. The Balaban J connectivity index is 1.46. The SMILES string of the molecule is CNC(=O)CCOCCCc1ccc(CCNC(=O)CCCOCCc2ccc(C)cc2)cc1. The van der Waals surface area contributed by atoms with Crippen LogP contribution in [0.2, 0.25) is 0 Å². The van der Waals surface area contributed by atoms with E-state index in [1.165, 1.54) is 22.3 Å². The molecule has 0 saturated carbocycles. The summed E-state index contributed by atoms with van der Waals surface area (Å²) in [5, 5.41) is 5.58. The number of carbonyl (C=O) groups is 2. The molecule has 0 aliphatic carbocycles. The maximum absolute atomic E-state index is 12.0. The summed E-state index contributed by atoms with van der Waals surface area (Å²) in [4.78, 5) is 23.1. The third-order valence-electron chi connectivity index (χ3n) is 5.61. The first-order valence-electron chi connectivity index (χ1n) is 12.3. The fraction of sp³-hybridized carbons (Fsp3) is 0.500. The van der Waals surface area contributed by atoms with E-state index in [2.05, 4.69) is 66.1 Å². The molecule has 0 bridgehead atoms. The predicted octanol–water partition coefficient (Wildman–Crippen LogP) is 3.78. The van der Waals surface area contributed by atoms with Gasteiger partial charge in [0.2, 0.25) is 11.8 Å². The molecule has 0 aromatic heterocycles. The Bertz CT molecular complexity index is 834. The minimum atomic E-state index is 0.00497. The van der Waals surface area contributed by atoms with Crippen molar-refractivity contribution in [2.24, 2.45) is 0 Å². The van der Waals surface area contributed by atoms with E-state index in [4.69, 9.17) is 9.47 Å². The predicted molar refractivity (Wildman–Crippen MR) is 136 cm³/mol. The summed E-state index contributed by atoms with van der Waals surface area (Å²) in [6, 6.07) is 17.0. The van der Waals surface area contributed by atoms with Gasteiger partial charge in [-0.1, -0.05) is 54.1 Å². The van der Waals surface area contributed by atoms with Gasteiger partial charge in [-0.15, -0.1) is 0 Å². The molecule has 0 fully saturated rings. The van der Waals surface area contributed by atoms with Gasteiger partial charge in [0.05, 0.1) is 13.2 Å². The molecule has 6 heteroatoms. The molecule has 34 heavy (non-hydrogen) atoms. The molecule has 2 N–H and O–H groups in total. The third kappa shape index (κ3) is 12.5. The summed E-state index contributed by atoms with van der Waals surface area (Å²) >= 11 is 0. The molecule has 0 spiro atoms. The van der Waals surface area contributed by atoms with Crippen LogP contribution in [-0.2, 0) is 38.3 Å². The normalized spacial score (nSPS) is 10.8. The number of ether oxygens (including phenoxy) is 2. The number of benzene rings is 2. The van der Waals surface area contributed by atoms with Crippen molar-refractivity contribution in [2.75, 3.05) is 40.0 Å². The van der Waals surface area contributed by atoms with Crippen molar-refractivity contribution in [3.05, 3.63) is 70.8 Å². The summed E-state index contributed by atoms with van der Waals surface area (Å²) < 4.78 is 11.1. The first kappa shape index (κ1) is 27.5. The quantitative estimate of drug-likeness (QED) is 0.347. The Morgan fingerprint density at radius 1 is 0.676 bits per heavy atom. The zero-order chi connectivity index (χ0) is 24.4. The zero-order valence-corrected chi connectivity index (χ0v) is 20.7. The highest BCUT2D eigenvalue weighted by Gasteiger charge is 2.02. The Morgan fingerprint density at radius 2 is 1.26 bits per heavy atom. The molecule has 0 heterocycles. The monoisotopic (exact) mass is 468 g/mol. The molecule has 0 aliphatic rings. The van der Waals surface area contributed by atoms with Crippen LogP contribution >= 0.6 is 0 Å². The Hall–Kier alpha value is -2.70. The highest BCUT2D eigenvalue weighted by atomic mass is 16.5. The molecule has 2 aromatic rings. The number of hydrogen-bond donors (Lipinski definition) is 2. The summed E-state index contributed by atoms with van der Waals surface area (Å²) in [6.07, 6.45) is 5.24. The second-order valence-electron chi connectivity index (χ2n) is 8.51. The fourth-order valence-electron chi connectivity index (χ4n) is 3.46. The van der Waals surface area contributed by atoms with E-state index < -0.39 is 0 Å². The van der Waals surface area contributed by atoms with Gasteiger partial charge in [-0.3, -0.25) is 9.59 Å². The maximum atomic E-state index is 12.0. The van der Waals surface area contributed by atoms with Crippen LogP contribution in [0.1, 0.15) is 47.9 Å². The minimum Gasteiger partial charge on any atom is -0.381 e. The average molecular weight is 469 g/mol. The molecule has 0 unspecified atom stereocenters. The molecule has 0 atom stereocenters. The maximum Gasteiger partial charge on any atom is 0.222 e. The first-order chi connectivity index (χ1) is 16.6. The molecule has 0 aliphatic heterocycles. The van der Waals surface area contributed by atoms with E-state index in [1.807, 2.05) is 0 Å². The van der Waals surface area contributed by atoms with Gasteiger partial charge in [-0.05, 0) is 55.7 Å². The molecule has 186 valence electrons. The summed E-state index contributed by atoms with van der Waals surface area (Å²) in [5.74, 6) is 0.0838. The van der Waals surface area contributed by atoms with Crippen LogP contribution in [0, 0.1) is 6.92 Å². The Morgan fingerprint density at radius 3 is 1.97 bits per heavy atom. The van der Waals surface area contributed by atoms with Crippen LogP contribution < -0.4 is 10.6 Å². The minimum absolute atomic E-state index is 0.00497. The number of nitrogens with one attached hydrogen (secondary N) is 2. The van der Waals surface area contributed by atoms with E-state index in [-0.39, 0.29) is 11.8 Å². The molecular formula is C28H40N2O4. The van der Waals surface area contributed by atoms with E-state index in [1.54, 1.807) is 7.05 Å². The van der Waals surface area contributed by atoms with E-state index in [0.717, 1.165) is 32.1 Å².